The molecule has 0 radical (unpaired) electrons. The lowest BCUT2D eigenvalue weighted by molar-refractivity contribution is -0.150. The maximum absolute atomic E-state index is 12.9. The monoisotopic (exact) mass is 356 g/mol. The fraction of sp³-hybridized carbons (Fsp3) is 0.444. The van der Waals surface area contributed by atoms with Crippen LogP contribution in [0.25, 0.3) is 0 Å². The van der Waals surface area contributed by atoms with Crippen molar-refractivity contribution >= 4 is 17.6 Å². The number of nitrogens with one attached hydrogen (secondary N) is 1. The number of nitrogens with zero attached hydrogens (tertiary/aromatic N) is 5. The normalized spacial score (nSPS) is 16.8. The molecule has 1 atom stereocenters. The number of carbonyl (C=O) groups is 1. The van der Waals surface area contributed by atoms with Gasteiger partial charge in [-0.15, -0.1) is 0 Å². The van der Waals surface area contributed by atoms with E-state index in [9.17, 15) is 4.79 Å². The van der Waals surface area contributed by atoms with Crippen LogP contribution < -0.4 is 10.2 Å². The van der Waals surface area contributed by atoms with Crippen molar-refractivity contribution in [3.8, 4) is 0 Å². The topological polar surface area (TPSA) is 85.2 Å². The van der Waals surface area contributed by atoms with Gasteiger partial charge in [0, 0.05) is 25.5 Å². The van der Waals surface area contributed by atoms with E-state index in [0.717, 1.165) is 11.3 Å². The van der Waals surface area contributed by atoms with Crippen LogP contribution in [0.5, 0.6) is 0 Å². The molecular formula is C18H24N6O2. The highest BCUT2D eigenvalue weighted by Crippen LogP contribution is 2.36. The summed E-state index contributed by atoms with van der Waals surface area (Å²) in [6.07, 6.45) is 0. The van der Waals surface area contributed by atoms with Crippen LogP contribution in [0.1, 0.15) is 39.3 Å². The molecule has 3 rings (SSSR count). The van der Waals surface area contributed by atoms with E-state index in [1.807, 2.05) is 71.0 Å². The number of hydrogen-bond acceptors (Lipinski definition) is 7. The summed E-state index contributed by atoms with van der Waals surface area (Å²) >= 11 is 0. The maximum Gasteiger partial charge on any atom is 0.338 e. The number of allylic oxidation sites excluding steroid dienone is 1. The van der Waals surface area contributed by atoms with Crippen LogP contribution in [0.3, 0.4) is 0 Å². The van der Waals surface area contributed by atoms with Crippen LogP contribution in [0.2, 0.25) is 0 Å². The Hall–Kier alpha value is -2.90. The summed E-state index contributed by atoms with van der Waals surface area (Å²) in [5.41, 5.74) is 2.57. The van der Waals surface area contributed by atoms with Crippen molar-refractivity contribution in [3.63, 3.8) is 0 Å². The van der Waals surface area contributed by atoms with Crippen LogP contribution in [-0.2, 0) is 9.53 Å². The first kappa shape index (κ1) is 17.9. The second-order valence-corrected chi connectivity index (χ2v) is 7.50. The van der Waals surface area contributed by atoms with Crippen LogP contribution in [0.4, 0.5) is 11.6 Å². The molecule has 1 aliphatic rings. The Morgan fingerprint density at radius 3 is 2.46 bits per heavy atom. The standard InChI is InChI=1S/C18H24N6O2/c1-11-14(16(25)26-18(2,3)4)15(24-17(19-11)20-21-22-24)12-7-9-13(10-8-12)23(5)6/h7-10,15H,1-6H3,(H,19,20,22)/t15-/m1/s1. The van der Waals surface area contributed by atoms with E-state index in [1.165, 1.54) is 0 Å². The molecule has 0 bridgehead atoms. The molecule has 0 saturated carbocycles. The summed E-state index contributed by atoms with van der Waals surface area (Å²) in [6, 6.07) is 7.52. The lowest BCUT2D eigenvalue weighted by atomic mass is 9.95. The number of rotatable bonds is 3. The third-order valence-corrected chi connectivity index (χ3v) is 4.06. The number of tetrazole rings is 1. The van der Waals surface area contributed by atoms with Gasteiger partial charge in [0.1, 0.15) is 11.6 Å². The lowest BCUT2D eigenvalue weighted by Gasteiger charge is -2.30. The number of fused-ring (bicyclic) bond motifs is 1. The molecule has 1 N–H and O–H groups in total. The third kappa shape index (κ3) is 3.40. The average molecular weight is 356 g/mol. The molecular weight excluding hydrogens is 332 g/mol. The van der Waals surface area contributed by atoms with Crippen molar-refractivity contribution in [3.05, 3.63) is 41.1 Å². The Morgan fingerprint density at radius 1 is 1.23 bits per heavy atom. The van der Waals surface area contributed by atoms with Gasteiger partial charge in [-0.2, -0.15) is 4.68 Å². The Labute approximate surface area is 152 Å². The van der Waals surface area contributed by atoms with Crippen molar-refractivity contribution in [2.24, 2.45) is 0 Å². The van der Waals surface area contributed by atoms with E-state index in [0.29, 0.717) is 17.2 Å². The zero-order valence-electron chi connectivity index (χ0n) is 15.9. The summed E-state index contributed by atoms with van der Waals surface area (Å²) in [7, 11) is 3.96. The van der Waals surface area contributed by atoms with Gasteiger partial charge in [0.05, 0.1) is 5.57 Å². The van der Waals surface area contributed by atoms with Gasteiger partial charge in [0.25, 0.3) is 0 Å². The smallest absolute Gasteiger partial charge is 0.338 e. The lowest BCUT2D eigenvalue weighted by Crippen LogP contribution is -2.33. The largest absolute Gasteiger partial charge is 0.456 e. The molecule has 8 nitrogen and oxygen atoms in total. The minimum atomic E-state index is -0.593. The van der Waals surface area contributed by atoms with E-state index in [-0.39, 0.29) is 5.97 Å². The van der Waals surface area contributed by atoms with Gasteiger partial charge in [-0.1, -0.05) is 17.2 Å². The summed E-state index contributed by atoms with van der Waals surface area (Å²) in [5.74, 6) is 0.113. The number of carbonyl (C=O) groups excluding carboxylic acids is 1. The summed E-state index contributed by atoms with van der Waals surface area (Å²) in [4.78, 5) is 14.9. The first-order valence-electron chi connectivity index (χ1n) is 8.43. The fourth-order valence-corrected chi connectivity index (χ4v) is 2.87. The molecule has 0 amide bonds. The highest BCUT2D eigenvalue weighted by molar-refractivity contribution is 5.92. The number of esters is 1. The molecule has 1 aliphatic heterocycles. The van der Waals surface area contributed by atoms with Gasteiger partial charge in [-0.25, -0.2) is 4.79 Å². The molecule has 0 fully saturated rings. The number of benzene rings is 1. The molecule has 8 heteroatoms. The van der Waals surface area contributed by atoms with Crippen molar-refractivity contribution < 1.29 is 9.53 Å². The molecule has 26 heavy (non-hydrogen) atoms. The van der Waals surface area contributed by atoms with Crippen molar-refractivity contribution in [2.75, 3.05) is 24.3 Å². The molecule has 2 heterocycles. The van der Waals surface area contributed by atoms with E-state index in [4.69, 9.17) is 4.74 Å². The Morgan fingerprint density at radius 2 is 1.88 bits per heavy atom. The molecule has 1 aromatic heterocycles. The van der Waals surface area contributed by atoms with Crippen molar-refractivity contribution in [1.82, 2.24) is 20.2 Å². The highest BCUT2D eigenvalue weighted by Gasteiger charge is 2.36. The SMILES string of the molecule is CC1=C(C(=O)OC(C)(C)C)[C@@H](c2ccc(N(C)C)cc2)n2nnnc2N1. The quantitative estimate of drug-likeness (QED) is 0.845. The first-order valence-corrected chi connectivity index (χ1v) is 8.43. The molecule has 2 aromatic rings. The second-order valence-electron chi connectivity index (χ2n) is 7.50. The van der Waals surface area contributed by atoms with E-state index >= 15 is 0 Å². The predicted octanol–water partition coefficient (Wildman–Crippen LogP) is 2.37. The zero-order chi connectivity index (χ0) is 19.1. The number of anilines is 2. The van der Waals surface area contributed by atoms with Crippen LogP contribution in [0.15, 0.2) is 35.5 Å². The van der Waals surface area contributed by atoms with E-state index < -0.39 is 11.6 Å². The van der Waals surface area contributed by atoms with Gasteiger partial charge in [-0.05, 0) is 55.8 Å². The molecule has 0 spiro atoms. The van der Waals surface area contributed by atoms with Crippen LogP contribution in [-0.4, -0.2) is 45.9 Å². The maximum atomic E-state index is 12.9. The molecule has 138 valence electrons. The van der Waals surface area contributed by atoms with E-state index in [2.05, 4.69) is 20.8 Å². The first-order chi connectivity index (χ1) is 12.2. The van der Waals surface area contributed by atoms with Gasteiger partial charge in [0.2, 0.25) is 5.95 Å². The summed E-state index contributed by atoms with van der Waals surface area (Å²) in [5, 5.41) is 14.9. The van der Waals surface area contributed by atoms with E-state index in [1.54, 1.807) is 4.68 Å². The number of hydrogen-bond donors (Lipinski definition) is 1. The molecule has 0 unspecified atom stereocenters. The Kier molecular flexibility index (Phi) is 4.43. The molecule has 0 aliphatic carbocycles. The summed E-state index contributed by atoms with van der Waals surface area (Å²) in [6.45, 7) is 7.37. The van der Waals surface area contributed by atoms with Crippen molar-refractivity contribution in [1.29, 1.82) is 0 Å². The van der Waals surface area contributed by atoms with Crippen LogP contribution >= 0.6 is 0 Å². The number of ether oxygens (including phenoxy) is 1. The van der Waals surface area contributed by atoms with Crippen molar-refractivity contribution in [2.45, 2.75) is 39.3 Å². The average Bonchev–Trinajstić information content (AvgIpc) is 2.99. The highest BCUT2D eigenvalue weighted by atomic mass is 16.6. The number of aromatic nitrogens is 4. The summed E-state index contributed by atoms with van der Waals surface area (Å²) < 4.78 is 7.23. The van der Waals surface area contributed by atoms with Gasteiger partial charge < -0.3 is 15.0 Å². The van der Waals surface area contributed by atoms with Gasteiger partial charge in [0.15, 0.2) is 0 Å². The van der Waals surface area contributed by atoms with Gasteiger partial charge >= 0.3 is 5.97 Å². The molecule has 0 saturated heterocycles. The Balaban J connectivity index is 2.07. The van der Waals surface area contributed by atoms with Crippen LogP contribution in [0, 0.1) is 0 Å². The fourth-order valence-electron chi connectivity index (χ4n) is 2.87. The third-order valence-electron chi connectivity index (χ3n) is 4.06. The molecule has 1 aromatic carbocycles. The Bertz CT molecular complexity index is 845. The zero-order valence-corrected chi connectivity index (χ0v) is 15.9. The second kappa shape index (κ2) is 6.44. The minimum absolute atomic E-state index is 0.384. The minimum Gasteiger partial charge on any atom is -0.456 e. The van der Waals surface area contributed by atoms with Gasteiger partial charge in [-0.3, -0.25) is 0 Å². The predicted molar refractivity (Wildman–Crippen MR) is 98.9 cm³/mol.